The van der Waals surface area contributed by atoms with Gasteiger partial charge in [-0.25, -0.2) is 4.79 Å². The molecule has 1 N–H and O–H groups in total. The van der Waals surface area contributed by atoms with Gasteiger partial charge in [0.25, 0.3) is 0 Å². The Balaban J connectivity index is 2.88. The Labute approximate surface area is 119 Å². The van der Waals surface area contributed by atoms with Gasteiger partial charge in [0.15, 0.2) is 6.61 Å². The molecule has 0 fully saturated rings. The van der Waals surface area contributed by atoms with Crippen molar-refractivity contribution in [1.29, 1.82) is 0 Å². The van der Waals surface area contributed by atoms with Crippen molar-refractivity contribution in [2.45, 2.75) is 13.5 Å². The third-order valence-electron chi connectivity index (χ3n) is 2.03. The van der Waals surface area contributed by atoms with Gasteiger partial charge >= 0.3 is 5.97 Å². The second-order valence-corrected chi connectivity index (χ2v) is 4.38. The maximum Gasteiger partial charge on any atom is 0.344 e. The summed E-state index contributed by atoms with van der Waals surface area (Å²) < 4.78 is 9.85. The van der Waals surface area contributed by atoms with Crippen molar-refractivity contribution in [3.8, 4) is 5.75 Å². The van der Waals surface area contributed by atoms with E-state index in [2.05, 4.69) is 0 Å². The van der Waals surface area contributed by atoms with Gasteiger partial charge in [-0.15, -0.1) is 0 Å². The van der Waals surface area contributed by atoms with Crippen molar-refractivity contribution in [3.05, 3.63) is 26.7 Å². The van der Waals surface area contributed by atoms with Gasteiger partial charge in [0.2, 0.25) is 0 Å². The number of benzene rings is 1. The average Bonchev–Trinajstić information content (AvgIpc) is 2.33. The summed E-state index contributed by atoms with van der Waals surface area (Å²) in [6, 6.07) is 1.39. The van der Waals surface area contributed by atoms with E-state index >= 15 is 0 Å². The molecule has 0 aliphatic heterocycles. The first-order chi connectivity index (χ1) is 8.51. The maximum atomic E-state index is 11.1. The predicted molar refractivity (Wildman–Crippen MR) is 69.5 cm³/mol. The SMILES string of the molecule is CCOC(=O)COc1cc(Cl)c(CO)c(Cl)c1Cl. The molecule has 0 spiro atoms. The number of hydrogen-bond donors (Lipinski definition) is 1. The van der Waals surface area contributed by atoms with E-state index in [1.807, 2.05) is 0 Å². The molecule has 0 heterocycles. The molecule has 7 heteroatoms. The topological polar surface area (TPSA) is 55.8 Å². The second-order valence-electron chi connectivity index (χ2n) is 3.21. The van der Waals surface area contributed by atoms with Crippen molar-refractivity contribution in [3.63, 3.8) is 0 Å². The lowest BCUT2D eigenvalue weighted by Gasteiger charge is -2.12. The van der Waals surface area contributed by atoms with Gasteiger partial charge in [0.05, 0.1) is 23.3 Å². The zero-order chi connectivity index (χ0) is 13.7. The van der Waals surface area contributed by atoms with Gasteiger partial charge in [-0.05, 0) is 6.92 Å². The fourth-order valence-corrected chi connectivity index (χ4v) is 1.98. The quantitative estimate of drug-likeness (QED) is 0.670. The minimum atomic E-state index is -0.521. The van der Waals surface area contributed by atoms with Crippen LogP contribution in [0.2, 0.25) is 15.1 Å². The van der Waals surface area contributed by atoms with Crippen LogP contribution in [0.25, 0.3) is 0 Å². The molecule has 0 aromatic heterocycles. The number of rotatable bonds is 5. The summed E-state index contributed by atoms with van der Waals surface area (Å²) in [6.07, 6.45) is 0. The Bertz CT molecular complexity index is 448. The number of carbonyl (C=O) groups is 1. The Hall–Kier alpha value is -0.680. The summed E-state index contributed by atoms with van der Waals surface area (Å²) in [4.78, 5) is 11.1. The predicted octanol–water partition coefficient (Wildman–Crippen LogP) is 3.08. The Morgan fingerprint density at radius 2 is 2.00 bits per heavy atom. The van der Waals surface area contributed by atoms with E-state index in [-0.39, 0.29) is 40.6 Å². The number of esters is 1. The van der Waals surface area contributed by atoms with E-state index in [4.69, 9.17) is 49.4 Å². The molecule has 0 bridgehead atoms. The van der Waals surface area contributed by atoms with Crippen LogP contribution in [0.5, 0.6) is 5.75 Å². The lowest BCUT2D eigenvalue weighted by atomic mass is 10.2. The largest absolute Gasteiger partial charge is 0.480 e. The van der Waals surface area contributed by atoms with Gasteiger partial charge in [-0.2, -0.15) is 0 Å². The lowest BCUT2D eigenvalue weighted by molar-refractivity contribution is -0.145. The van der Waals surface area contributed by atoms with E-state index in [0.29, 0.717) is 5.56 Å². The third-order valence-corrected chi connectivity index (χ3v) is 3.26. The fourth-order valence-electron chi connectivity index (χ4n) is 1.20. The first-order valence-electron chi connectivity index (χ1n) is 5.06. The number of aliphatic hydroxyl groups excluding tert-OH is 1. The van der Waals surface area contributed by atoms with Gasteiger partial charge in [-0.1, -0.05) is 34.8 Å². The van der Waals surface area contributed by atoms with Crippen molar-refractivity contribution < 1.29 is 19.4 Å². The van der Waals surface area contributed by atoms with Gasteiger partial charge in [0, 0.05) is 11.6 Å². The van der Waals surface area contributed by atoms with E-state index < -0.39 is 5.97 Å². The minimum absolute atomic E-state index is 0.0921. The van der Waals surface area contributed by atoms with Crippen LogP contribution in [0.1, 0.15) is 12.5 Å². The molecule has 0 unspecified atom stereocenters. The molecule has 0 radical (unpaired) electrons. The van der Waals surface area contributed by atoms with E-state index in [9.17, 15) is 4.79 Å². The van der Waals surface area contributed by atoms with E-state index in [1.54, 1.807) is 6.92 Å². The summed E-state index contributed by atoms with van der Waals surface area (Å²) in [6.45, 7) is 1.32. The smallest absolute Gasteiger partial charge is 0.344 e. The Morgan fingerprint density at radius 1 is 1.33 bits per heavy atom. The first kappa shape index (κ1) is 15.4. The van der Waals surface area contributed by atoms with Gasteiger partial charge in [-0.3, -0.25) is 0 Å². The lowest BCUT2D eigenvalue weighted by Crippen LogP contribution is -2.14. The minimum Gasteiger partial charge on any atom is -0.480 e. The molecule has 4 nitrogen and oxygen atoms in total. The normalized spacial score (nSPS) is 10.3. The van der Waals surface area contributed by atoms with Crippen LogP contribution in [0.15, 0.2) is 6.07 Å². The monoisotopic (exact) mass is 312 g/mol. The second kappa shape index (κ2) is 7.04. The highest BCUT2D eigenvalue weighted by Gasteiger charge is 2.16. The maximum absolute atomic E-state index is 11.1. The molecule has 1 aromatic rings. The summed E-state index contributed by atoms with van der Waals surface area (Å²) in [7, 11) is 0. The number of carbonyl (C=O) groups excluding carboxylic acids is 1. The van der Waals surface area contributed by atoms with E-state index in [1.165, 1.54) is 6.07 Å². The summed E-state index contributed by atoms with van der Waals surface area (Å²) in [5, 5.41) is 9.47. The first-order valence-corrected chi connectivity index (χ1v) is 6.20. The van der Waals surface area contributed by atoms with Crippen LogP contribution >= 0.6 is 34.8 Å². The fraction of sp³-hybridized carbons (Fsp3) is 0.364. The Kier molecular flexibility index (Phi) is 6.02. The highest BCUT2D eigenvalue weighted by atomic mass is 35.5. The zero-order valence-electron chi connectivity index (χ0n) is 9.50. The van der Waals surface area contributed by atoms with Crippen molar-refractivity contribution in [2.24, 2.45) is 0 Å². The van der Waals surface area contributed by atoms with Crippen molar-refractivity contribution in [1.82, 2.24) is 0 Å². The molecule has 0 saturated carbocycles. The Morgan fingerprint density at radius 3 is 2.56 bits per heavy atom. The van der Waals surface area contributed by atoms with Gasteiger partial charge in [0.1, 0.15) is 10.8 Å². The average molecular weight is 314 g/mol. The highest BCUT2D eigenvalue weighted by Crippen LogP contribution is 2.39. The molecular weight excluding hydrogens is 302 g/mol. The van der Waals surface area contributed by atoms with Crippen molar-refractivity contribution >= 4 is 40.8 Å². The zero-order valence-corrected chi connectivity index (χ0v) is 11.8. The van der Waals surface area contributed by atoms with Crippen LogP contribution in [0, 0.1) is 0 Å². The highest BCUT2D eigenvalue weighted by molar-refractivity contribution is 6.45. The molecule has 18 heavy (non-hydrogen) atoms. The summed E-state index contributed by atoms with van der Waals surface area (Å²) in [5.41, 5.74) is 0.312. The van der Waals surface area contributed by atoms with Crippen molar-refractivity contribution in [2.75, 3.05) is 13.2 Å². The number of ether oxygens (including phenoxy) is 2. The number of aliphatic hydroxyl groups is 1. The molecule has 100 valence electrons. The molecule has 1 aromatic carbocycles. The van der Waals surface area contributed by atoms with E-state index in [0.717, 1.165) is 0 Å². The number of hydrogen-bond acceptors (Lipinski definition) is 4. The van der Waals surface area contributed by atoms with Crippen LogP contribution in [-0.4, -0.2) is 24.3 Å². The van der Waals surface area contributed by atoms with Gasteiger partial charge < -0.3 is 14.6 Å². The molecule has 0 aliphatic rings. The standard InChI is InChI=1S/C11H11Cl3O4/c1-2-17-9(16)5-18-8-3-7(12)6(4-15)10(13)11(8)14/h3,15H,2,4-5H2,1H3. The third kappa shape index (κ3) is 3.65. The number of halogens is 3. The van der Waals surface area contributed by atoms with Crippen LogP contribution < -0.4 is 4.74 Å². The molecule has 1 rings (SSSR count). The molecule has 0 aliphatic carbocycles. The molecular formula is C11H11Cl3O4. The summed E-state index contributed by atoms with van der Waals surface area (Å²) >= 11 is 17.7. The summed E-state index contributed by atoms with van der Waals surface area (Å²) in [5.74, 6) is -0.357. The molecule has 0 amide bonds. The van der Waals surface area contributed by atoms with Crippen LogP contribution in [0.4, 0.5) is 0 Å². The molecule has 0 saturated heterocycles. The van der Waals surface area contributed by atoms with Crippen LogP contribution in [0.3, 0.4) is 0 Å². The molecule has 0 atom stereocenters. The van der Waals surface area contributed by atoms with Crippen LogP contribution in [-0.2, 0) is 16.1 Å².